The van der Waals surface area contributed by atoms with E-state index in [1.165, 1.54) is 24.3 Å². The number of pyridine rings is 1. The Hall–Kier alpha value is -4.18. The molecule has 10 heteroatoms. The number of nitrogens with zero attached hydrogens (tertiary/aromatic N) is 3. The smallest absolute Gasteiger partial charge is 0.269 e. The lowest BCUT2D eigenvalue weighted by Crippen LogP contribution is -2.34. The lowest BCUT2D eigenvalue weighted by Gasteiger charge is -2.10. The van der Waals surface area contributed by atoms with Gasteiger partial charge in [-0.1, -0.05) is 6.07 Å². The maximum atomic E-state index is 12.3. The Morgan fingerprint density at radius 2 is 1.90 bits per heavy atom. The first-order chi connectivity index (χ1) is 14.5. The highest BCUT2D eigenvalue weighted by Gasteiger charge is 2.12. The van der Waals surface area contributed by atoms with Gasteiger partial charge < -0.3 is 9.73 Å². The SMILES string of the molecule is O=C(NC(=S)Nc1cccc(-c2nc3ncccc3o2)c1)c1ccc([N+](=O)[O-])cc1. The number of hydrogen-bond donors (Lipinski definition) is 2. The third-order valence-corrected chi connectivity index (χ3v) is 4.30. The van der Waals surface area contributed by atoms with Gasteiger partial charge in [-0.05, 0) is 54.7 Å². The lowest BCUT2D eigenvalue weighted by molar-refractivity contribution is -0.384. The molecule has 0 fully saturated rings. The fourth-order valence-electron chi connectivity index (χ4n) is 2.69. The van der Waals surface area contributed by atoms with Crippen molar-refractivity contribution in [3.05, 3.63) is 82.5 Å². The first kappa shape index (κ1) is 19.2. The second-order valence-corrected chi connectivity index (χ2v) is 6.55. The van der Waals surface area contributed by atoms with E-state index in [4.69, 9.17) is 16.6 Å². The molecule has 2 heterocycles. The minimum absolute atomic E-state index is 0.0785. The minimum atomic E-state index is -0.534. The summed E-state index contributed by atoms with van der Waals surface area (Å²) in [5, 5.41) is 16.2. The first-order valence-electron chi connectivity index (χ1n) is 8.68. The van der Waals surface area contributed by atoms with Gasteiger partial charge in [-0.15, -0.1) is 0 Å². The van der Waals surface area contributed by atoms with Crippen molar-refractivity contribution in [2.75, 3.05) is 5.32 Å². The van der Waals surface area contributed by atoms with Crippen LogP contribution in [-0.4, -0.2) is 25.9 Å². The van der Waals surface area contributed by atoms with Gasteiger partial charge in [0.2, 0.25) is 5.89 Å². The van der Waals surface area contributed by atoms with Crippen LogP contribution in [-0.2, 0) is 0 Å². The normalized spacial score (nSPS) is 10.5. The number of oxazole rings is 1. The predicted molar refractivity (Wildman–Crippen MR) is 114 cm³/mol. The van der Waals surface area contributed by atoms with Crippen molar-refractivity contribution in [2.24, 2.45) is 0 Å². The zero-order valence-electron chi connectivity index (χ0n) is 15.2. The number of thiocarbonyl (C=S) groups is 1. The summed E-state index contributed by atoms with van der Waals surface area (Å²) in [6.07, 6.45) is 1.64. The van der Waals surface area contributed by atoms with Gasteiger partial charge in [-0.3, -0.25) is 20.2 Å². The van der Waals surface area contributed by atoms with E-state index in [-0.39, 0.29) is 16.4 Å². The summed E-state index contributed by atoms with van der Waals surface area (Å²) in [4.78, 5) is 30.9. The molecule has 4 aromatic rings. The van der Waals surface area contributed by atoms with Crippen molar-refractivity contribution in [2.45, 2.75) is 0 Å². The fraction of sp³-hybridized carbons (Fsp3) is 0. The molecule has 1 amide bonds. The first-order valence-corrected chi connectivity index (χ1v) is 9.09. The molecule has 0 saturated heterocycles. The van der Waals surface area contributed by atoms with E-state index in [2.05, 4.69) is 20.6 Å². The largest absolute Gasteiger partial charge is 0.434 e. The van der Waals surface area contributed by atoms with Gasteiger partial charge >= 0.3 is 0 Å². The molecule has 0 atom stereocenters. The van der Waals surface area contributed by atoms with Crippen LogP contribution in [0.25, 0.3) is 22.7 Å². The lowest BCUT2D eigenvalue weighted by atomic mass is 10.2. The highest BCUT2D eigenvalue weighted by atomic mass is 32.1. The van der Waals surface area contributed by atoms with E-state index in [0.29, 0.717) is 28.4 Å². The van der Waals surface area contributed by atoms with Crippen LogP contribution < -0.4 is 10.6 Å². The third-order valence-electron chi connectivity index (χ3n) is 4.10. The molecule has 148 valence electrons. The number of nitro groups is 1. The van der Waals surface area contributed by atoms with E-state index < -0.39 is 10.8 Å². The molecule has 0 aliphatic carbocycles. The van der Waals surface area contributed by atoms with Gasteiger partial charge in [0.05, 0.1) is 4.92 Å². The maximum absolute atomic E-state index is 12.3. The number of amides is 1. The maximum Gasteiger partial charge on any atom is 0.269 e. The molecule has 0 spiro atoms. The molecule has 4 rings (SSSR count). The Bertz CT molecular complexity index is 1240. The summed E-state index contributed by atoms with van der Waals surface area (Å²) >= 11 is 5.19. The van der Waals surface area contributed by atoms with Crippen LogP contribution in [0.15, 0.2) is 71.3 Å². The van der Waals surface area contributed by atoms with E-state index >= 15 is 0 Å². The molecule has 30 heavy (non-hydrogen) atoms. The summed E-state index contributed by atoms with van der Waals surface area (Å²) in [7, 11) is 0. The number of fused-ring (bicyclic) bond motifs is 1. The second-order valence-electron chi connectivity index (χ2n) is 6.14. The van der Waals surface area contributed by atoms with E-state index in [0.717, 1.165) is 0 Å². The average molecular weight is 419 g/mol. The number of carbonyl (C=O) groups excluding carboxylic acids is 1. The molecule has 0 aliphatic heterocycles. The Labute approximate surface area is 174 Å². The number of rotatable bonds is 4. The standard InChI is InChI=1S/C20H13N5O4S/c26-18(12-6-8-15(9-7-12)25(27)28)24-20(30)22-14-4-1-3-13(11-14)19-23-17-16(29-19)5-2-10-21-17/h1-11H,(H2,22,24,26,30). The zero-order chi connectivity index (χ0) is 21.1. The van der Waals surface area contributed by atoms with Crippen LogP contribution in [0.4, 0.5) is 11.4 Å². The predicted octanol–water partition coefficient (Wildman–Crippen LogP) is 3.92. The van der Waals surface area contributed by atoms with Crippen LogP contribution in [0.1, 0.15) is 10.4 Å². The number of carbonyl (C=O) groups is 1. The molecule has 0 bridgehead atoms. The Kier molecular flexibility index (Phi) is 5.14. The van der Waals surface area contributed by atoms with Crippen LogP contribution in [0.5, 0.6) is 0 Å². The van der Waals surface area contributed by atoms with Crippen molar-refractivity contribution in [1.82, 2.24) is 15.3 Å². The number of benzene rings is 2. The molecule has 0 unspecified atom stereocenters. The number of hydrogen-bond acceptors (Lipinski definition) is 7. The van der Waals surface area contributed by atoms with Gasteiger partial charge in [0.1, 0.15) is 0 Å². The Morgan fingerprint density at radius 3 is 2.63 bits per heavy atom. The van der Waals surface area contributed by atoms with Gasteiger partial charge in [0, 0.05) is 35.1 Å². The van der Waals surface area contributed by atoms with Crippen LogP contribution >= 0.6 is 12.2 Å². The quantitative estimate of drug-likeness (QED) is 0.290. The van der Waals surface area contributed by atoms with Crippen molar-refractivity contribution >= 4 is 45.8 Å². The van der Waals surface area contributed by atoms with Crippen LogP contribution in [0.3, 0.4) is 0 Å². The van der Waals surface area contributed by atoms with E-state index in [9.17, 15) is 14.9 Å². The number of aromatic nitrogens is 2. The molecule has 2 N–H and O–H groups in total. The van der Waals surface area contributed by atoms with Crippen LogP contribution in [0, 0.1) is 10.1 Å². The molecule has 9 nitrogen and oxygen atoms in total. The molecule has 2 aromatic heterocycles. The van der Waals surface area contributed by atoms with E-state index in [1.54, 1.807) is 36.5 Å². The summed E-state index contributed by atoms with van der Waals surface area (Å²) in [6.45, 7) is 0. The van der Waals surface area contributed by atoms with Crippen molar-refractivity contribution in [1.29, 1.82) is 0 Å². The summed E-state index contributed by atoms with van der Waals surface area (Å²) < 4.78 is 5.71. The minimum Gasteiger partial charge on any atom is -0.434 e. The number of non-ortho nitro benzene ring substituents is 1. The Balaban J connectivity index is 1.45. The molecule has 0 saturated carbocycles. The highest BCUT2D eigenvalue weighted by Crippen LogP contribution is 2.25. The molecular formula is C20H13N5O4S. The van der Waals surface area contributed by atoms with Crippen molar-refractivity contribution in [3.8, 4) is 11.5 Å². The Morgan fingerprint density at radius 1 is 1.10 bits per heavy atom. The number of nitro benzene ring substituents is 1. The topological polar surface area (TPSA) is 123 Å². The van der Waals surface area contributed by atoms with Gasteiger partial charge in [0.25, 0.3) is 11.6 Å². The average Bonchev–Trinajstić information content (AvgIpc) is 3.18. The van der Waals surface area contributed by atoms with Gasteiger partial charge in [0.15, 0.2) is 16.3 Å². The zero-order valence-corrected chi connectivity index (χ0v) is 16.1. The van der Waals surface area contributed by atoms with Gasteiger partial charge in [-0.2, -0.15) is 4.98 Å². The van der Waals surface area contributed by atoms with Crippen LogP contribution in [0.2, 0.25) is 0 Å². The monoisotopic (exact) mass is 419 g/mol. The molecule has 0 aliphatic rings. The third kappa shape index (κ3) is 4.13. The summed E-state index contributed by atoms with van der Waals surface area (Å²) in [5.41, 5.74) is 2.57. The number of nitrogens with one attached hydrogen (secondary N) is 2. The van der Waals surface area contributed by atoms with Gasteiger partial charge in [-0.25, -0.2) is 4.98 Å². The summed E-state index contributed by atoms with van der Waals surface area (Å²) in [6, 6.07) is 15.9. The second kappa shape index (κ2) is 8.05. The summed E-state index contributed by atoms with van der Waals surface area (Å²) in [5.74, 6) is -0.0724. The van der Waals surface area contributed by atoms with Crippen molar-refractivity contribution in [3.63, 3.8) is 0 Å². The van der Waals surface area contributed by atoms with E-state index in [1.807, 2.05) is 6.07 Å². The molecular weight excluding hydrogens is 406 g/mol. The molecule has 2 aromatic carbocycles. The number of anilines is 1. The van der Waals surface area contributed by atoms with Crippen molar-refractivity contribution < 1.29 is 14.1 Å². The fourth-order valence-corrected chi connectivity index (χ4v) is 2.91. The molecule has 0 radical (unpaired) electrons. The highest BCUT2D eigenvalue weighted by molar-refractivity contribution is 7.80.